The minimum atomic E-state index is -4.50. The normalized spacial score (nSPS) is 11.8. The lowest BCUT2D eigenvalue weighted by molar-refractivity contribution is -0.137. The molecule has 2 N–H and O–H groups in total. The maximum Gasteiger partial charge on any atom is 0.417 e. The van der Waals surface area contributed by atoms with E-state index in [1.54, 1.807) is 6.92 Å². The molecule has 0 fully saturated rings. The molecule has 168 valence electrons. The van der Waals surface area contributed by atoms with Gasteiger partial charge in [0.05, 0.1) is 28.1 Å². The summed E-state index contributed by atoms with van der Waals surface area (Å²) in [6, 6.07) is 6.07. The molecular weight excluding hydrogens is 447 g/mol. The largest absolute Gasteiger partial charge is 0.417 e. The van der Waals surface area contributed by atoms with Gasteiger partial charge in [-0.15, -0.1) is 0 Å². The van der Waals surface area contributed by atoms with Crippen LogP contribution in [0.1, 0.15) is 29.3 Å². The zero-order valence-corrected chi connectivity index (χ0v) is 17.5. The fourth-order valence-electron chi connectivity index (χ4n) is 2.73. The lowest BCUT2D eigenvalue weighted by Gasteiger charge is -2.12. The number of sulfone groups is 1. The van der Waals surface area contributed by atoms with Crippen molar-refractivity contribution >= 4 is 33.1 Å². The molecule has 0 aromatic carbocycles. The Morgan fingerprint density at radius 1 is 1.03 bits per heavy atom. The van der Waals surface area contributed by atoms with Gasteiger partial charge in [0.1, 0.15) is 11.6 Å². The van der Waals surface area contributed by atoms with Crippen LogP contribution in [0.4, 0.5) is 30.5 Å². The van der Waals surface area contributed by atoms with Gasteiger partial charge >= 0.3 is 6.18 Å². The molecule has 0 aliphatic rings. The summed E-state index contributed by atoms with van der Waals surface area (Å²) in [5, 5.41) is 5.25. The van der Waals surface area contributed by atoms with E-state index in [0.717, 1.165) is 12.1 Å². The molecular formula is C20H18F3N5O3S. The van der Waals surface area contributed by atoms with Crippen LogP contribution in [-0.4, -0.2) is 35.0 Å². The third-order valence-electron chi connectivity index (χ3n) is 4.21. The maximum atomic E-state index is 12.7. The van der Waals surface area contributed by atoms with E-state index < -0.39 is 27.5 Å². The number of nitrogens with zero attached hydrogens (tertiary/aromatic N) is 3. The first-order valence-corrected chi connectivity index (χ1v) is 11.0. The van der Waals surface area contributed by atoms with Gasteiger partial charge in [-0.2, -0.15) is 13.2 Å². The number of alkyl halides is 3. The number of anilines is 3. The Kier molecular flexibility index (Phi) is 6.72. The van der Waals surface area contributed by atoms with E-state index in [0.29, 0.717) is 12.6 Å². The summed E-state index contributed by atoms with van der Waals surface area (Å²) < 4.78 is 62.8. The van der Waals surface area contributed by atoms with E-state index in [4.69, 9.17) is 0 Å². The molecule has 3 aromatic heterocycles. The molecule has 0 atom stereocenters. The summed E-state index contributed by atoms with van der Waals surface area (Å²) in [6.45, 7) is 1.73. The number of pyridine rings is 3. The second kappa shape index (κ2) is 9.30. The molecule has 0 radical (unpaired) electrons. The third kappa shape index (κ3) is 5.58. The molecule has 0 saturated heterocycles. The lowest BCUT2D eigenvalue weighted by Crippen LogP contribution is -2.16. The van der Waals surface area contributed by atoms with Crippen molar-refractivity contribution in [1.29, 1.82) is 0 Å². The molecule has 1 amide bonds. The third-order valence-corrected chi connectivity index (χ3v) is 6.18. The van der Waals surface area contributed by atoms with Crippen molar-refractivity contribution in [1.82, 2.24) is 15.0 Å². The Bertz CT molecular complexity index is 1220. The first kappa shape index (κ1) is 23.1. The van der Waals surface area contributed by atoms with E-state index in [1.807, 2.05) is 0 Å². The van der Waals surface area contributed by atoms with Crippen LogP contribution in [0.5, 0.6) is 0 Å². The van der Waals surface area contributed by atoms with Crippen molar-refractivity contribution in [3.05, 3.63) is 66.2 Å². The van der Waals surface area contributed by atoms with Crippen molar-refractivity contribution in [3.8, 4) is 0 Å². The average Bonchev–Trinajstić information content (AvgIpc) is 2.74. The predicted molar refractivity (Wildman–Crippen MR) is 111 cm³/mol. The zero-order valence-electron chi connectivity index (χ0n) is 16.7. The summed E-state index contributed by atoms with van der Waals surface area (Å²) in [5.41, 5.74) is -0.715. The number of rotatable bonds is 7. The van der Waals surface area contributed by atoms with E-state index in [-0.39, 0.29) is 33.5 Å². The molecule has 3 rings (SSSR count). The van der Waals surface area contributed by atoms with E-state index in [2.05, 4.69) is 25.6 Å². The summed E-state index contributed by atoms with van der Waals surface area (Å²) in [5.74, 6) is -0.432. The van der Waals surface area contributed by atoms with E-state index in [9.17, 15) is 26.4 Å². The summed E-state index contributed by atoms with van der Waals surface area (Å²) in [7, 11) is -3.60. The first-order valence-electron chi connectivity index (χ1n) is 9.34. The van der Waals surface area contributed by atoms with Gasteiger partial charge in [0.15, 0.2) is 9.84 Å². The number of halogens is 3. The van der Waals surface area contributed by atoms with Crippen LogP contribution in [0.25, 0.3) is 0 Å². The van der Waals surface area contributed by atoms with Gasteiger partial charge in [-0.1, -0.05) is 6.92 Å². The van der Waals surface area contributed by atoms with Gasteiger partial charge in [-0.25, -0.2) is 18.4 Å². The van der Waals surface area contributed by atoms with Gasteiger partial charge in [0, 0.05) is 24.2 Å². The van der Waals surface area contributed by atoms with Crippen LogP contribution < -0.4 is 10.6 Å². The lowest BCUT2D eigenvalue weighted by atomic mass is 10.2. The Hall–Kier alpha value is -3.54. The number of carbonyl (C=O) groups excluding carboxylic acids is 1. The molecule has 8 nitrogen and oxygen atoms in total. The van der Waals surface area contributed by atoms with Crippen LogP contribution in [-0.2, 0) is 16.0 Å². The molecule has 0 spiro atoms. The second-order valence-electron chi connectivity index (χ2n) is 6.63. The van der Waals surface area contributed by atoms with Crippen LogP contribution in [0.3, 0.4) is 0 Å². The standard InChI is InChI=1S/C20H18F3N5O3S/c1-2-9-32(30,31)16-6-7-24-12-15(16)27-19(29)13-5-8-25-18(10-13)28-17-4-3-14(11-26-17)20(21,22)23/h3-8,10-12H,2,9H2,1H3,(H,27,29)(H,25,26,28). The predicted octanol–water partition coefficient (Wildman–Crippen LogP) is 4.07. The topological polar surface area (TPSA) is 114 Å². The smallest absolute Gasteiger partial charge is 0.325 e. The van der Waals surface area contributed by atoms with Gasteiger partial charge in [0.2, 0.25) is 0 Å². The highest BCUT2D eigenvalue weighted by molar-refractivity contribution is 7.91. The molecule has 3 heterocycles. The van der Waals surface area contributed by atoms with Crippen LogP contribution in [0, 0.1) is 0 Å². The number of hydrogen-bond acceptors (Lipinski definition) is 7. The van der Waals surface area contributed by atoms with Gasteiger partial charge in [-0.05, 0) is 36.8 Å². The Morgan fingerprint density at radius 3 is 2.47 bits per heavy atom. The van der Waals surface area contributed by atoms with E-state index in [1.165, 1.54) is 36.8 Å². The molecule has 3 aromatic rings. The van der Waals surface area contributed by atoms with Gasteiger partial charge < -0.3 is 10.6 Å². The van der Waals surface area contributed by atoms with Crippen molar-refractivity contribution in [2.24, 2.45) is 0 Å². The number of amides is 1. The molecule has 0 unspecified atom stereocenters. The number of aromatic nitrogens is 3. The van der Waals surface area contributed by atoms with Crippen molar-refractivity contribution in [2.45, 2.75) is 24.4 Å². The summed E-state index contributed by atoms with van der Waals surface area (Å²) in [4.78, 5) is 24.2. The highest BCUT2D eigenvalue weighted by atomic mass is 32.2. The number of carbonyl (C=O) groups is 1. The highest BCUT2D eigenvalue weighted by Crippen LogP contribution is 2.29. The zero-order chi connectivity index (χ0) is 23.4. The fraction of sp³-hybridized carbons (Fsp3) is 0.200. The molecule has 0 bridgehead atoms. The second-order valence-corrected chi connectivity index (χ2v) is 8.71. The molecule has 12 heteroatoms. The Morgan fingerprint density at radius 2 is 1.81 bits per heavy atom. The first-order chi connectivity index (χ1) is 15.1. The van der Waals surface area contributed by atoms with Crippen LogP contribution in [0.15, 0.2) is 60.0 Å². The summed E-state index contributed by atoms with van der Waals surface area (Å²) in [6.07, 6.45) is 0.475. The summed E-state index contributed by atoms with van der Waals surface area (Å²) >= 11 is 0. The Labute approximate surface area is 181 Å². The van der Waals surface area contributed by atoms with Crippen molar-refractivity contribution in [2.75, 3.05) is 16.4 Å². The molecule has 0 saturated carbocycles. The number of nitrogens with one attached hydrogen (secondary N) is 2. The highest BCUT2D eigenvalue weighted by Gasteiger charge is 2.30. The SMILES string of the molecule is CCCS(=O)(=O)c1ccncc1NC(=O)c1ccnc(Nc2ccc(C(F)(F)F)cn2)c1. The molecule has 32 heavy (non-hydrogen) atoms. The van der Waals surface area contributed by atoms with Gasteiger partial charge in [0.25, 0.3) is 5.91 Å². The quantitative estimate of drug-likeness (QED) is 0.541. The average molecular weight is 465 g/mol. The molecule has 0 aliphatic heterocycles. The van der Waals surface area contributed by atoms with Crippen LogP contribution >= 0.6 is 0 Å². The fourth-order valence-corrected chi connectivity index (χ4v) is 4.19. The van der Waals surface area contributed by atoms with Crippen molar-refractivity contribution in [3.63, 3.8) is 0 Å². The molecule has 0 aliphatic carbocycles. The minimum Gasteiger partial charge on any atom is -0.325 e. The Balaban J connectivity index is 1.78. The van der Waals surface area contributed by atoms with Crippen molar-refractivity contribution < 1.29 is 26.4 Å². The van der Waals surface area contributed by atoms with E-state index >= 15 is 0 Å². The number of hydrogen-bond donors (Lipinski definition) is 2. The minimum absolute atomic E-state index is 0.0379. The van der Waals surface area contributed by atoms with Crippen LogP contribution in [0.2, 0.25) is 0 Å². The maximum absolute atomic E-state index is 12.7. The van der Waals surface area contributed by atoms with Gasteiger partial charge in [-0.3, -0.25) is 9.78 Å². The monoisotopic (exact) mass is 465 g/mol.